The second kappa shape index (κ2) is 8.94. The molecular formula is C19H18F4N2O3S2. The molecule has 0 N–H and O–H groups in total. The maximum absolute atomic E-state index is 13.1. The molecule has 0 radical (unpaired) electrons. The molecule has 0 bridgehead atoms. The average Bonchev–Trinajstić information content (AvgIpc) is 2.94. The van der Waals surface area contributed by atoms with Crippen LogP contribution in [-0.4, -0.2) is 55.2 Å². The minimum Gasteiger partial charge on any atom is -0.337 e. The molecule has 5 nitrogen and oxygen atoms in total. The third-order valence-electron chi connectivity index (χ3n) is 4.54. The van der Waals surface area contributed by atoms with Crippen LogP contribution in [0.25, 0.3) is 0 Å². The first kappa shape index (κ1) is 22.6. The molecule has 1 aliphatic heterocycles. The molecular weight excluding hydrogens is 444 g/mol. The summed E-state index contributed by atoms with van der Waals surface area (Å²) >= 11 is -0.356. The summed E-state index contributed by atoms with van der Waals surface area (Å²) in [6.07, 6.45) is 0.320. The van der Waals surface area contributed by atoms with Gasteiger partial charge in [-0.2, -0.15) is 17.5 Å². The molecule has 0 saturated carbocycles. The number of hydrogen-bond acceptors (Lipinski definition) is 4. The van der Waals surface area contributed by atoms with Crippen molar-refractivity contribution in [2.24, 2.45) is 0 Å². The van der Waals surface area contributed by atoms with Crippen molar-refractivity contribution in [1.82, 2.24) is 9.21 Å². The Bertz CT molecular complexity index is 1010. The number of amides is 1. The van der Waals surface area contributed by atoms with Crippen LogP contribution in [0.15, 0.2) is 58.3 Å². The van der Waals surface area contributed by atoms with Crippen LogP contribution in [0.2, 0.25) is 0 Å². The first-order chi connectivity index (χ1) is 14.1. The normalized spacial score (nSPS) is 16.3. The van der Waals surface area contributed by atoms with Crippen molar-refractivity contribution in [1.29, 1.82) is 0 Å². The minimum atomic E-state index is -4.53. The highest BCUT2D eigenvalue weighted by molar-refractivity contribution is 8.00. The highest BCUT2D eigenvalue weighted by Crippen LogP contribution is 2.38. The van der Waals surface area contributed by atoms with E-state index < -0.39 is 27.3 Å². The second-order valence-corrected chi connectivity index (χ2v) is 9.59. The Hall–Kier alpha value is -2.11. The van der Waals surface area contributed by atoms with Crippen molar-refractivity contribution in [2.45, 2.75) is 21.7 Å². The number of carbonyl (C=O) groups excluding carboxylic acids is 1. The standard InChI is InChI=1S/C19H18F4N2O3S2/c20-14-6-8-15(9-7-14)30(27,28)25-11-3-10-24(12-13-25)18(26)16-4-1-2-5-17(16)29-19(21,22)23/h1-2,4-9H,3,10-13H2. The molecule has 162 valence electrons. The van der Waals surface area contributed by atoms with Gasteiger partial charge < -0.3 is 4.90 Å². The van der Waals surface area contributed by atoms with Crippen molar-refractivity contribution < 1.29 is 30.8 Å². The van der Waals surface area contributed by atoms with E-state index in [1.165, 1.54) is 45.6 Å². The summed E-state index contributed by atoms with van der Waals surface area (Å²) in [6.45, 7) is 0.367. The summed E-state index contributed by atoms with van der Waals surface area (Å²) in [5, 5.41) is 0. The Kier molecular flexibility index (Phi) is 6.73. The maximum atomic E-state index is 13.1. The Morgan fingerprint density at radius 2 is 1.60 bits per heavy atom. The number of alkyl halides is 3. The van der Waals surface area contributed by atoms with Crippen molar-refractivity contribution >= 4 is 27.7 Å². The fourth-order valence-corrected chi connectivity index (χ4v) is 5.25. The van der Waals surface area contributed by atoms with Gasteiger partial charge in [-0.25, -0.2) is 12.8 Å². The first-order valence-corrected chi connectivity index (χ1v) is 11.2. The quantitative estimate of drug-likeness (QED) is 0.510. The van der Waals surface area contributed by atoms with E-state index in [9.17, 15) is 30.8 Å². The summed E-state index contributed by atoms with van der Waals surface area (Å²) in [7, 11) is -3.87. The number of sulfonamides is 1. The predicted molar refractivity (Wildman–Crippen MR) is 104 cm³/mol. The van der Waals surface area contributed by atoms with Crippen molar-refractivity contribution in [3.8, 4) is 0 Å². The molecule has 2 aromatic carbocycles. The van der Waals surface area contributed by atoms with Crippen LogP contribution in [0.4, 0.5) is 17.6 Å². The summed E-state index contributed by atoms with van der Waals surface area (Å²) in [6, 6.07) is 9.90. The van der Waals surface area contributed by atoms with Crippen LogP contribution < -0.4 is 0 Å². The molecule has 0 aliphatic carbocycles. The third-order valence-corrected chi connectivity index (χ3v) is 7.26. The van der Waals surface area contributed by atoms with Gasteiger partial charge in [-0.15, -0.1) is 0 Å². The van der Waals surface area contributed by atoms with Gasteiger partial charge >= 0.3 is 5.51 Å². The zero-order valence-electron chi connectivity index (χ0n) is 15.6. The molecule has 1 fully saturated rings. The fourth-order valence-electron chi connectivity index (χ4n) is 3.12. The van der Waals surface area contributed by atoms with Crippen LogP contribution in [0, 0.1) is 5.82 Å². The topological polar surface area (TPSA) is 57.7 Å². The van der Waals surface area contributed by atoms with Gasteiger partial charge in [0.1, 0.15) is 5.82 Å². The van der Waals surface area contributed by atoms with E-state index >= 15 is 0 Å². The summed E-state index contributed by atoms with van der Waals surface area (Å²) in [5.74, 6) is -1.14. The highest BCUT2D eigenvalue weighted by Gasteiger charge is 2.33. The number of rotatable bonds is 4. The van der Waals surface area contributed by atoms with E-state index in [-0.39, 0.29) is 53.3 Å². The van der Waals surface area contributed by atoms with E-state index in [0.717, 1.165) is 12.1 Å². The number of benzene rings is 2. The minimum absolute atomic E-state index is 0.0139. The smallest absolute Gasteiger partial charge is 0.337 e. The Balaban J connectivity index is 1.76. The van der Waals surface area contributed by atoms with Crippen molar-refractivity contribution in [2.75, 3.05) is 26.2 Å². The van der Waals surface area contributed by atoms with Gasteiger partial charge in [0.25, 0.3) is 5.91 Å². The lowest BCUT2D eigenvalue weighted by Gasteiger charge is -2.23. The average molecular weight is 462 g/mol. The second-order valence-electron chi connectivity index (χ2n) is 6.55. The Morgan fingerprint density at radius 3 is 2.27 bits per heavy atom. The van der Waals surface area contributed by atoms with Gasteiger partial charge in [0.05, 0.1) is 10.5 Å². The van der Waals surface area contributed by atoms with Gasteiger partial charge in [0.2, 0.25) is 10.0 Å². The van der Waals surface area contributed by atoms with Gasteiger partial charge in [-0.1, -0.05) is 12.1 Å². The Labute approximate surface area is 175 Å². The summed E-state index contributed by atoms with van der Waals surface area (Å²) in [5.41, 5.74) is -4.61. The van der Waals surface area contributed by atoms with E-state index in [1.807, 2.05) is 0 Å². The monoisotopic (exact) mass is 462 g/mol. The van der Waals surface area contributed by atoms with Crippen LogP contribution in [0.5, 0.6) is 0 Å². The molecule has 0 atom stereocenters. The summed E-state index contributed by atoms with van der Waals surface area (Å²) in [4.78, 5) is 14.0. The molecule has 1 saturated heterocycles. The SMILES string of the molecule is O=C(c1ccccc1SC(F)(F)F)N1CCCN(S(=O)(=O)c2ccc(F)cc2)CC1. The van der Waals surface area contributed by atoms with Gasteiger partial charge in [0, 0.05) is 31.1 Å². The number of carbonyl (C=O) groups is 1. The molecule has 1 amide bonds. The molecule has 11 heteroatoms. The third kappa shape index (κ3) is 5.32. The van der Waals surface area contributed by atoms with Crippen LogP contribution in [-0.2, 0) is 10.0 Å². The molecule has 3 rings (SSSR count). The van der Waals surface area contributed by atoms with Crippen LogP contribution in [0.3, 0.4) is 0 Å². The fraction of sp³-hybridized carbons (Fsp3) is 0.316. The van der Waals surface area contributed by atoms with Crippen molar-refractivity contribution in [3.05, 3.63) is 59.9 Å². The summed E-state index contributed by atoms with van der Waals surface area (Å²) < 4.78 is 78.3. The predicted octanol–water partition coefficient (Wildman–Crippen LogP) is 3.97. The molecule has 0 aromatic heterocycles. The van der Waals surface area contributed by atoms with Gasteiger partial charge in [-0.05, 0) is 54.6 Å². The molecule has 1 aliphatic rings. The van der Waals surface area contributed by atoms with Gasteiger partial charge in [0.15, 0.2) is 0 Å². The van der Waals surface area contributed by atoms with Crippen molar-refractivity contribution in [3.63, 3.8) is 0 Å². The van der Waals surface area contributed by atoms with E-state index in [4.69, 9.17) is 0 Å². The molecule has 2 aromatic rings. The zero-order valence-corrected chi connectivity index (χ0v) is 17.2. The number of halogens is 4. The van der Waals surface area contributed by atoms with Crippen LogP contribution >= 0.6 is 11.8 Å². The highest BCUT2D eigenvalue weighted by atomic mass is 32.2. The molecule has 0 spiro atoms. The molecule has 1 heterocycles. The largest absolute Gasteiger partial charge is 0.446 e. The maximum Gasteiger partial charge on any atom is 0.446 e. The number of thioether (sulfide) groups is 1. The lowest BCUT2D eigenvalue weighted by molar-refractivity contribution is -0.0328. The van der Waals surface area contributed by atoms with E-state index in [2.05, 4.69) is 0 Å². The lowest BCUT2D eigenvalue weighted by atomic mass is 10.2. The first-order valence-electron chi connectivity index (χ1n) is 8.98. The lowest BCUT2D eigenvalue weighted by Crippen LogP contribution is -2.37. The molecule has 30 heavy (non-hydrogen) atoms. The van der Waals surface area contributed by atoms with E-state index in [1.54, 1.807) is 0 Å². The van der Waals surface area contributed by atoms with Gasteiger partial charge in [-0.3, -0.25) is 4.79 Å². The van der Waals surface area contributed by atoms with Crippen LogP contribution in [0.1, 0.15) is 16.8 Å². The number of hydrogen-bond donors (Lipinski definition) is 0. The zero-order chi connectivity index (χ0) is 21.9. The molecule has 0 unspecified atom stereocenters. The Morgan fingerprint density at radius 1 is 0.933 bits per heavy atom. The van der Waals surface area contributed by atoms with E-state index in [0.29, 0.717) is 6.42 Å². The number of nitrogens with zero attached hydrogens (tertiary/aromatic N) is 2.